The van der Waals surface area contributed by atoms with E-state index in [1.807, 2.05) is 13.8 Å². The van der Waals surface area contributed by atoms with Crippen LogP contribution in [0.2, 0.25) is 0 Å². The highest BCUT2D eigenvalue weighted by atomic mass is 16.5. The molecule has 0 fully saturated rings. The average molecular weight is 220 g/mol. The van der Waals surface area contributed by atoms with Crippen LogP contribution >= 0.6 is 0 Å². The first-order valence-electron chi connectivity index (χ1n) is 5.71. The Balaban J connectivity index is 4.22. The molecule has 0 aliphatic rings. The van der Waals surface area contributed by atoms with Gasteiger partial charge in [-0.25, -0.2) is 0 Å². The van der Waals surface area contributed by atoms with E-state index in [1.165, 1.54) is 0 Å². The molecule has 0 radical (unpaired) electrons. The fraction of sp³-hybridized carbons (Fsp3) is 1.00. The molecule has 0 saturated heterocycles. The van der Waals surface area contributed by atoms with E-state index in [2.05, 4.69) is 0 Å². The van der Waals surface area contributed by atoms with Crippen molar-refractivity contribution in [1.29, 1.82) is 0 Å². The first kappa shape index (κ1) is 14.8. The molecule has 15 heavy (non-hydrogen) atoms. The van der Waals surface area contributed by atoms with Gasteiger partial charge in [0, 0.05) is 5.92 Å². The fourth-order valence-electron chi connectivity index (χ4n) is 1.51. The van der Waals surface area contributed by atoms with Crippen LogP contribution in [0.3, 0.4) is 0 Å². The summed E-state index contributed by atoms with van der Waals surface area (Å²) in [4.78, 5) is 0. The third kappa shape index (κ3) is 5.47. The molecule has 0 aromatic heterocycles. The molecule has 0 aliphatic carbocycles. The Bertz CT molecular complexity index is 133. The zero-order valence-electron chi connectivity index (χ0n) is 9.72. The molecule has 92 valence electrons. The van der Waals surface area contributed by atoms with Crippen LogP contribution in [0.15, 0.2) is 0 Å². The molecule has 0 aliphatic heterocycles. The van der Waals surface area contributed by atoms with Crippen LogP contribution in [-0.4, -0.2) is 47.3 Å². The zero-order valence-corrected chi connectivity index (χ0v) is 9.72. The molecule has 0 aromatic rings. The van der Waals surface area contributed by atoms with E-state index in [1.54, 1.807) is 0 Å². The summed E-state index contributed by atoms with van der Waals surface area (Å²) in [7, 11) is 0. The number of hydrogen-bond acceptors (Lipinski definition) is 4. The van der Waals surface area contributed by atoms with Crippen LogP contribution in [0.1, 0.15) is 33.1 Å². The number of hydrogen-bond donors (Lipinski definition) is 3. The molecule has 0 heterocycles. The largest absolute Gasteiger partial charge is 0.396 e. The van der Waals surface area contributed by atoms with Gasteiger partial charge in [0.2, 0.25) is 0 Å². The van der Waals surface area contributed by atoms with E-state index in [0.29, 0.717) is 0 Å². The van der Waals surface area contributed by atoms with Gasteiger partial charge < -0.3 is 20.1 Å². The van der Waals surface area contributed by atoms with E-state index in [0.717, 1.165) is 19.3 Å². The third-order valence-electron chi connectivity index (χ3n) is 2.59. The summed E-state index contributed by atoms with van der Waals surface area (Å²) in [6.07, 6.45) is 2.11. The van der Waals surface area contributed by atoms with E-state index in [4.69, 9.17) is 20.1 Å². The Morgan fingerprint density at radius 2 is 1.60 bits per heavy atom. The maximum absolute atomic E-state index is 9.08. The predicted octanol–water partition coefficient (Wildman–Crippen LogP) is 0.543. The zero-order chi connectivity index (χ0) is 11.7. The quantitative estimate of drug-likeness (QED) is 0.530. The Labute approximate surface area is 91.9 Å². The lowest BCUT2D eigenvalue weighted by Crippen LogP contribution is -2.34. The lowest BCUT2D eigenvalue weighted by atomic mass is 10.00. The minimum Gasteiger partial charge on any atom is -0.396 e. The van der Waals surface area contributed by atoms with E-state index < -0.39 is 0 Å². The van der Waals surface area contributed by atoms with Crippen molar-refractivity contribution in [2.75, 3.05) is 19.8 Å². The van der Waals surface area contributed by atoms with Gasteiger partial charge in [0.1, 0.15) is 0 Å². The van der Waals surface area contributed by atoms with Crippen LogP contribution in [0.5, 0.6) is 0 Å². The number of ether oxygens (including phenoxy) is 1. The van der Waals surface area contributed by atoms with Crippen molar-refractivity contribution in [3.63, 3.8) is 0 Å². The van der Waals surface area contributed by atoms with Gasteiger partial charge in [0.25, 0.3) is 0 Å². The van der Waals surface area contributed by atoms with Crippen LogP contribution in [-0.2, 0) is 4.74 Å². The minimum absolute atomic E-state index is 0.0136. The Hall–Kier alpha value is -0.160. The first-order valence-corrected chi connectivity index (χ1v) is 5.71. The Morgan fingerprint density at radius 1 is 1.00 bits per heavy atom. The standard InChI is InChI=1S/C11H24O4/c1-3-5-11(9(6-12)7-13)15-10(4-2)8-14/h9-14H,3-8H2,1-2H3. The van der Waals surface area contributed by atoms with Gasteiger partial charge in [0.15, 0.2) is 0 Å². The molecule has 0 bridgehead atoms. The summed E-state index contributed by atoms with van der Waals surface area (Å²) in [5.74, 6) is -0.245. The second kappa shape index (κ2) is 9.09. The summed E-state index contributed by atoms with van der Waals surface area (Å²) in [6.45, 7) is 3.80. The van der Waals surface area contributed by atoms with Gasteiger partial charge in [-0.15, -0.1) is 0 Å². The SMILES string of the molecule is CCCC(OC(CC)CO)C(CO)CO. The third-order valence-corrected chi connectivity index (χ3v) is 2.59. The number of aliphatic hydroxyl groups excluding tert-OH is 3. The predicted molar refractivity (Wildman–Crippen MR) is 58.6 cm³/mol. The van der Waals surface area contributed by atoms with Crippen LogP contribution < -0.4 is 0 Å². The van der Waals surface area contributed by atoms with Gasteiger partial charge in [-0.3, -0.25) is 0 Å². The molecular weight excluding hydrogens is 196 g/mol. The molecule has 3 N–H and O–H groups in total. The molecule has 0 aromatic carbocycles. The second-order valence-corrected chi connectivity index (χ2v) is 3.80. The minimum atomic E-state index is -0.245. The Kier molecular flexibility index (Phi) is 9.00. The highest BCUT2D eigenvalue weighted by Crippen LogP contribution is 2.16. The number of aliphatic hydroxyl groups is 3. The van der Waals surface area contributed by atoms with Crippen molar-refractivity contribution in [3.05, 3.63) is 0 Å². The average Bonchev–Trinajstić information content (AvgIpc) is 2.27. The lowest BCUT2D eigenvalue weighted by molar-refractivity contribution is -0.0872. The van der Waals surface area contributed by atoms with Crippen molar-refractivity contribution in [3.8, 4) is 0 Å². The molecule has 0 rings (SSSR count). The second-order valence-electron chi connectivity index (χ2n) is 3.80. The van der Waals surface area contributed by atoms with Gasteiger partial charge in [-0.2, -0.15) is 0 Å². The fourth-order valence-corrected chi connectivity index (χ4v) is 1.51. The van der Waals surface area contributed by atoms with Gasteiger partial charge in [-0.05, 0) is 12.8 Å². The van der Waals surface area contributed by atoms with Crippen molar-refractivity contribution in [2.24, 2.45) is 5.92 Å². The molecular formula is C11H24O4. The van der Waals surface area contributed by atoms with Crippen LogP contribution in [0.25, 0.3) is 0 Å². The summed E-state index contributed by atoms with van der Waals surface area (Å²) in [5, 5.41) is 27.2. The monoisotopic (exact) mass is 220 g/mol. The first-order chi connectivity index (χ1) is 7.23. The summed E-state index contributed by atoms with van der Waals surface area (Å²) in [5.41, 5.74) is 0. The van der Waals surface area contributed by atoms with Crippen LogP contribution in [0.4, 0.5) is 0 Å². The molecule has 0 amide bonds. The number of rotatable bonds is 9. The summed E-state index contributed by atoms with van der Waals surface area (Å²) >= 11 is 0. The van der Waals surface area contributed by atoms with Crippen molar-refractivity contribution in [2.45, 2.75) is 45.3 Å². The van der Waals surface area contributed by atoms with Crippen molar-refractivity contribution >= 4 is 0 Å². The highest BCUT2D eigenvalue weighted by molar-refractivity contribution is 4.71. The van der Waals surface area contributed by atoms with Gasteiger partial charge >= 0.3 is 0 Å². The van der Waals surface area contributed by atoms with E-state index in [9.17, 15) is 0 Å². The van der Waals surface area contributed by atoms with E-state index >= 15 is 0 Å². The molecule has 4 heteroatoms. The molecule has 2 unspecified atom stereocenters. The van der Waals surface area contributed by atoms with Gasteiger partial charge in [0.05, 0.1) is 32.0 Å². The maximum Gasteiger partial charge on any atom is 0.0807 e. The van der Waals surface area contributed by atoms with Crippen molar-refractivity contribution < 1.29 is 20.1 Å². The van der Waals surface area contributed by atoms with Gasteiger partial charge in [-0.1, -0.05) is 20.3 Å². The topological polar surface area (TPSA) is 69.9 Å². The van der Waals surface area contributed by atoms with Crippen molar-refractivity contribution in [1.82, 2.24) is 0 Å². The smallest absolute Gasteiger partial charge is 0.0807 e. The summed E-state index contributed by atoms with van der Waals surface area (Å²) < 4.78 is 5.66. The molecule has 0 spiro atoms. The normalized spacial score (nSPS) is 15.6. The van der Waals surface area contributed by atoms with Crippen LogP contribution in [0, 0.1) is 5.92 Å². The van der Waals surface area contributed by atoms with E-state index in [-0.39, 0.29) is 37.9 Å². The summed E-state index contributed by atoms with van der Waals surface area (Å²) in [6, 6.07) is 0. The highest BCUT2D eigenvalue weighted by Gasteiger charge is 2.22. The molecule has 0 saturated carbocycles. The Morgan fingerprint density at radius 3 is 1.93 bits per heavy atom. The molecule has 2 atom stereocenters. The molecule has 4 nitrogen and oxygen atoms in total. The maximum atomic E-state index is 9.08. The lowest BCUT2D eigenvalue weighted by Gasteiger charge is -2.27.